The zero-order valence-electron chi connectivity index (χ0n) is 8.87. The fourth-order valence-corrected chi connectivity index (χ4v) is 1.15. The van der Waals surface area contributed by atoms with Gasteiger partial charge in [0, 0.05) is 11.3 Å². The van der Waals surface area contributed by atoms with Crippen LogP contribution < -0.4 is 5.73 Å². The summed E-state index contributed by atoms with van der Waals surface area (Å²) in [7, 11) is 0. The van der Waals surface area contributed by atoms with E-state index in [-0.39, 0.29) is 0 Å². The molecule has 0 heterocycles. The first-order valence-corrected chi connectivity index (χ1v) is 4.58. The molecule has 0 aliphatic carbocycles. The van der Waals surface area contributed by atoms with Crippen LogP contribution in [0.3, 0.4) is 0 Å². The summed E-state index contributed by atoms with van der Waals surface area (Å²) in [6, 6.07) is 5.81. The van der Waals surface area contributed by atoms with Crippen LogP contribution in [0.15, 0.2) is 23.4 Å². The molecule has 0 radical (unpaired) electrons. The van der Waals surface area contributed by atoms with E-state index in [4.69, 9.17) is 10.6 Å². The monoisotopic (exact) mass is 192 g/mol. The highest BCUT2D eigenvalue weighted by Crippen LogP contribution is 2.17. The molecule has 1 aromatic carbocycles. The summed E-state index contributed by atoms with van der Waals surface area (Å²) in [5.41, 5.74) is 9.61. The van der Waals surface area contributed by atoms with Gasteiger partial charge in [0.2, 0.25) is 0 Å². The molecular weight excluding hydrogens is 176 g/mol. The summed E-state index contributed by atoms with van der Waals surface area (Å²) in [6.07, 6.45) is 0. The molecule has 76 valence electrons. The quantitative estimate of drug-likeness (QED) is 0.454. The predicted molar refractivity (Wildman–Crippen MR) is 59.2 cm³/mol. The Morgan fingerprint density at radius 1 is 1.43 bits per heavy atom. The molecule has 0 amide bonds. The number of aryl methyl sites for hydroxylation is 1. The van der Waals surface area contributed by atoms with E-state index in [1.54, 1.807) is 0 Å². The van der Waals surface area contributed by atoms with E-state index >= 15 is 0 Å². The molecule has 3 heteroatoms. The highest BCUT2D eigenvalue weighted by atomic mass is 16.6. The van der Waals surface area contributed by atoms with E-state index in [9.17, 15) is 0 Å². The summed E-state index contributed by atoms with van der Waals surface area (Å²) >= 11 is 0. The summed E-state index contributed by atoms with van der Waals surface area (Å²) in [4.78, 5) is 5.15. The van der Waals surface area contributed by atoms with E-state index in [1.165, 1.54) is 0 Å². The summed E-state index contributed by atoms with van der Waals surface area (Å²) in [5.74, 6) is 0. The number of oxime groups is 1. The normalized spacial score (nSPS) is 9.64. The molecule has 0 aromatic heterocycles. The fourth-order valence-electron chi connectivity index (χ4n) is 1.15. The van der Waals surface area contributed by atoms with Gasteiger partial charge in [-0.05, 0) is 32.4 Å². The first-order valence-electron chi connectivity index (χ1n) is 4.58. The largest absolute Gasteiger partial charge is 0.398 e. The van der Waals surface area contributed by atoms with Crippen LogP contribution in [0.4, 0.5) is 5.69 Å². The van der Waals surface area contributed by atoms with Gasteiger partial charge in [-0.2, -0.15) is 0 Å². The van der Waals surface area contributed by atoms with Crippen molar-refractivity contribution in [1.29, 1.82) is 0 Å². The molecule has 0 aliphatic heterocycles. The molecule has 1 rings (SSSR count). The van der Waals surface area contributed by atoms with Gasteiger partial charge >= 0.3 is 0 Å². The van der Waals surface area contributed by atoms with Crippen LogP contribution in [-0.4, -0.2) is 5.71 Å². The van der Waals surface area contributed by atoms with Crippen LogP contribution in [-0.2, 0) is 11.4 Å². The van der Waals surface area contributed by atoms with Gasteiger partial charge in [-0.1, -0.05) is 17.3 Å². The fraction of sp³-hybridized carbons (Fsp3) is 0.364. The van der Waals surface area contributed by atoms with E-state index in [1.807, 2.05) is 39.0 Å². The molecule has 0 bridgehead atoms. The minimum Gasteiger partial charge on any atom is -0.398 e. The lowest BCUT2D eigenvalue weighted by Gasteiger charge is -2.07. The van der Waals surface area contributed by atoms with Crippen molar-refractivity contribution in [2.75, 3.05) is 5.73 Å². The SMILES string of the molecule is CC(C)=NOCc1c(C)cccc1N. The Labute approximate surface area is 84.6 Å². The van der Waals surface area contributed by atoms with Crippen molar-refractivity contribution in [2.24, 2.45) is 5.16 Å². The van der Waals surface area contributed by atoms with Gasteiger partial charge in [0.1, 0.15) is 6.61 Å². The molecule has 0 aliphatic rings. The third-order valence-electron chi connectivity index (χ3n) is 1.90. The van der Waals surface area contributed by atoms with E-state index in [2.05, 4.69) is 5.16 Å². The van der Waals surface area contributed by atoms with Gasteiger partial charge in [0.25, 0.3) is 0 Å². The lowest BCUT2D eigenvalue weighted by molar-refractivity contribution is 0.130. The number of hydrogen-bond acceptors (Lipinski definition) is 3. The third kappa shape index (κ3) is 2.76. The smallest absolute Gasteiger partial charge is 0.144 e. The number of anilines is 1. The van der Waals surface area contributed by atoms with Gasteiger partial charge in [0.05, 0.1) is 5.71 Å². The zero-order chi connectivity index (χ0) is 10.6. The maximum absolute atomic E-state index is 5.81. The lowest BCUT2D eigenvalue weighted by Crippen LogP contribution is -1.98. The molecule has 0 fully saturated rings. The molecule has 0 saturated carbocycles. The molecule has 1 aromatic rings. The van der Waals surface area contributed by atoms with Gasteiger partial charge in [0.15, 0.2) is 0 Å². The number of nitrogens with zero attached hydrogens (tertiary/aromatic N) is 1. The highest BCUT2D eigenvalue weighted by molar-refractivity contribution is 5.78. The zero-order valence-corrected chi connectivity index (χ0v) is 8.87. The van der Waals surface area contributed by atoms with Gasteiger partial charge in [-0.25, -0.2) is 0 Å². The van der Waals surface area contributed by atoms with Gasteiger partial charge in [-0.15, -0.1) is 0 Å². The van der Waals surface area contributed by atoms with Crippen molar-refractivity contribution < 1.29 is 4.84 Å². The molecule has 2 N–H and O–H groups in total. The van der Waals surface area contributed by atoms with Crippen molar-refractivity contribution in [3.63, 3.8) is 0 Å². The van der Waals surface area contributed by atoms with Crippen LogP contribution >= 0.6 is 0 Å². The van der Waals surface area contributed by atoms with Crippen molar-refractivity contribution in [3.05, 3.63) is 29.3 Å². The summed E-state index contributed by atoms with van der Waals surface area (Å²) in [5, 5.41) is 3.86. The number of benzene rings is 1. The van der Waals surface area contributed by atoms with Crippen LogP contribution in [0.5, 0.6) is 0 Å². The Morgan fingerprint density at radius 2 is 2.14 bits per heavy atom. The van der Waals surface area contributed by atoms with Crippen molar-refractivity contribution in [3.8, 4) is 0 Å². The predicted octanol–water partition coefficient (Wildman–Crippen LogP) is 2.49. The molecule has 0 unspecified atom stereocenters. The Hall–Kier alpha value is -1.51. The van der Waals surface area contributed by atoms with E-state index < -0.39 is 0 Å². The third-order valence-corrected chi connectivity index (χ3v) is 1.90. The Morgan fingerprint density at radius 3 is 2.71 bits per heavy atom. The second-order valence-electron chi connectivity index (χ2n) is 3.45. The van der Waals surface area contributed by atoms with Crippen LogP contribution in [0.1, 0.15) is 25.0 Å². The number of nitrogen functional groups attached to an aromatic ring is 1. The minimum atomic E-state index is 0.434. The number of nitrogens with two attached hydrogens (primary N) is 1. The topological polar surface area (TPSA) is 47.6 Å². The van der Waals surface area contributed by atoms with Crippen molar-refractivity contribution in [2.45, 2.75) is 27.4 Å². The van der Waals surface area contributed by atoms with Gasteiger partial charge in [-0.3, -0.25) is 0 Å². The average Bonchev–Trinajstić information content (AvgIpc) is 2.09. The maximum Gasteiger partial charge on any atom is 0.144 e. The van der Waals surface area contributed by atoms with Crippen LogP contribution in [0.25, 0.3) is 0 Å². The Kier molecular flexibility index (Phi) is 3.51. The second kappa shape index (κ2) is 4.65. The van der Waals surface area contributed by atoms with Crippen molar-refractivity contribution >= 4 is 11.4 Å². The first-order chi connectivity index (χ1) is 6.61. The molecule has 3 nitrogen and oxygen atoms in total. The second-order valence-corrected chi connectivity index (χ2v) is 3.45. The average molecular weight is 192 g/mol. The number of hydrogen-bond donors (Lipinski definition) is 1. The highest BCUT2D eigenvalue weighted by Gasteiger charge is 2.02. The molecule has 0 saturated heterocycles. The van der Waals surface area contributed by atoms with Crippen LogP contribution in [0.2, 0.25) is 0 Å². The molecule has 14 heavy (non-hydrogen) atoms. The summed E-state index contributed by atoms with van der Waals surface area (Å²) < 4.78 is 0. The Bertz CT molecular complexity index is 321. The number of rotatable bonds is 3. The standard InChI is InChI=1S/C11H16N2O/c1-8(2)13-14-7-10-9(3)5-4-6-11(10)12/h4-6H,7,12H2,1-3H3. The van der Waals surface area contributed by atoms with Crippen molar-refractivity contribution in [1.82, 2.24) is 0 Å². The van der Waals surface area contributed by atoms with E-state index in [0.717, 1.165) is 22.5 Å². The molecular formula is C11H16N2O. The summed E-state index contributed by atoms with van der Waals surface area (Å²) in [6.45, 7) is 6.23. The molecule has 0 atom stereocenters. The van der Waals surface area contributed by atoms with Crippen LogP contribution in [0, 0.1) is 6.92 Å². The van der Waals surface area contributed by atoms with E-state index in [0.29, 0.717) is 6.61 Å². The molecule has 0 spiro atoms. The Balaban J connectivity index is 2.71. The minimum absolute atomic E-state index is 0.434. The maximum atomic E-state index is 5.81. The van der Waals surface area contributed by atoms with Gasteiger partial charge < -0.3 is 10.6 Å². The first kappa shape index (κ1) is 10.6. The lowest BCUT2D eigenvalue weighted by atomic mass is 10.1.